The highest BCUT2D eigenvalue weighted by Gasteiger charge is 2.41. The molecule has 1 aliphatic heterocycles. The number of hydrogen-bond acceptors (Lipinski definition) is 5. The molecule has 6 nitrogen and oxygen atoms in total. The maximum Gasteiger partial charge on any atom is 0.226 e. The van der Waals surface area contributed by atoms with E-state index in [1.165, 1.54) is 12.0 Å². The van der Waals surface area contributed by atoms with Gasteiger partial charge in [0.05, 0.1) is 19.8 Å². The Labute approximate surface area is 110 Å². The third-order valence-corrected chi connectivity index (χ3v) is 3.60. The quantitative estimate of drug-likeness (QED) is 0.553. The SMILES string of the molecule is COC1=C(C)C(=O)C2=C(C1=O)C(CO)N(C=O)CC2. The molecule has 1 aliphatic carbocycles. The zero-order valence-corrected chi connectivity index (χ0v) is 10.8. The van der Waals surface area contributed by atoms with Crippen molar-refractivity contribution in [1.82, 2.24) is 4.90 Å². The Balaban J connectivity index is 2.54. The number of Topliss-reactive ketones (excluding diaryl/α,β-unsaturated/α-hetero) is 2. The normalized spacial score (nSPS) is 23.7. The van der Waals surface area contributed by atoms with Gasteiger partial charge in [-0.1, -0.05) is 0 Å². The molecule has 6 heteroatoms. The molecule has 0 fully saturated rings. The van der Waals surface area contributed by atoms with Crippen LogP contribution in [0.25, 0.3) is 0 Å². The molecular formula is C13H15NO5. The van der Waals surface area contributed by atoms with Crippen molar-refractivity contribution in [2.45, 2.75) is 19.4 Å². The molecule has 0 spiro atoms. The van der Waals surface area contributed by atoms with Gasteiger partial charge in [-0.2, -0.15) is 0 Å². The fourth-order valence-corrected chi connectivity index (χ4v) is 2.61. The number of amides is 1. The molecule has 2 rings (SSSR count). The molecule has 1 unspecified atom stereocenters. The largest absolute Gasteiger partial charge is 0.492 e. The van der Waals surface area contributed by atoms with Gasteiger partial charge in [0.2, 0.25) is 12.2 Å². The smallest absolute Gasteiger partial charge is 0.226 e. The number of aliphatic hydroxyl groups is 1. The molecule has 1 N–H and O–H groups in total. The van der Waals surface area contributed by atoms with E-state index < -0.39 is 18.4 Å². The van der Waals surface area contributed by atoms with Gasteiger partial charge in [0.1, 0.15) is 0 Å². The van der Waals surface area contributed by atoms with E-state index in [0.29, 0.717) is 24.9 Å². The fraction of sp³-hybridized carbons (Fsp3) is 0.462. The minimum absolute atomic E-state index is 0.00468. The Morgan fingerprint density at radius 2 is 2.11 bits per heavy atom. The van der Waals surface area contributed by atoms with E-state index in [1.54, 1.807) is 6.92 Å². The van der Waals surface area contributed by atoms with E-state index in [-0.39, 0.29) is 22.7 Å². The Kier molecular flexibility index (Phi) is 3.53. The average molecular weight is 265 g/mol. The molecule has 0 radical (unpaired) electrons. The van der Waals surface area contributed by atoms with Crippen molar-refractivity contribution in [3.8, 4) is 0 Å². The Morgan fingerprint density at radius 3 is 2.63 bits per heavy atom. The van der Waals surface area contributed by atoms with Crippen molar-refractivity contribution in [3.63, 3.8) is 0 Å². The van der Waals surface area contributed by atoms with E-state index in [1.807, 2.05) is 0 Å². The summed E-state index contributed by atoms with van der Waals surface area (Å²) in [6.45, 7) is 1.47. The number of aliphatic hydroxyl groups excluding tert-OH is 1. The highest BCUT2D eigenvalue weighted by atomic mass is 16.5. The molecule has 1 amide bonds. The lowest BCUT2D eigenvalue weighted by Gasteiger charge is -2.36. The number of hydrogen-bond donors (Lipinski definition) is 1. The first-order valence-electron chi connectivity index (χ1n) is 5.96. The van der Waals surface area contributed by atoms with Crippen molar-refractivity contribution in [2.75, 3.05) is 20.3 Å². The second kappa shape index (κ2) is 4.97. The second-order valence-electron chi connectivity index (χ2n) is 4.50. The predicted molar refractivity (Wildman–Crippen MR) is 65.0 cm³/mol. The van der Waals surface area contributed by atoms with Crippen LogP contribution in [0.5, 0.6) is 0 Å². The molecule has 1 atom stereocenters. The van der Waals surface area contributed by atoms with Crippen LogP contribution < -0.4 is 0 Å². The molecule has 0 saturated carbocycles. The van der Waals surface area contributed by atoms with Crippen molar-refractivity contribution < 1.29 is 24.2 Å². The lowest BCUT2D eigenvalue weighted by atomic mass is 9.81. The molecule has 0 saturated heterocycles. The van der Waals surface area contributed by atoms with E-state index in [9.17, 15) is 19.5 Å². The van der Waals surface area contributed by atoms with Gasteiger partial charge >= 0.3 is 0 Å². The van der Waals surface area contributed by atoms with Crippen LogP contribution >= 0.6 is 0 Å². The maximum absolute atomic E-state index is 12.3. The minimum Gasteiger partial charge on any atom is -0.492 e. The van der Waals surface area contributed by atoms with Crippen molar-refractivity contribution in [1.29, 1.82) is 0 Å². The topological polar surface area (TPSA) is 83.9 Å². The van der Waals surface area contributed by atoms with E-state index in [2.05, 4.69) is 0 Å². The lowest BCUT2D eigenvalue weighted by molar-refractivity contribution is -0.124. The summed E-state index contributed by atoms with van der Waals surface area (Å²) in [4.78, 5) is 36.8. The van der Waals surface area contributed by atoms with E-state index in [0.717, 1.165) is 0 Å². The summed E-state index contributed by atoms with van der Waals surface area (Å²) in [5, 5.41) is 9.41. The molecule has 0 aromatic rings. The summed E-state index contributed by atoms with van der Waals surface area (Å²) in [6, 6.07) is -0.768. The lowest BCUT2D eigenvalue weighted by Crippen LogP contribution is -2.47. The molecule has 1 heterocycles. The maximum atomic E-state index is 12.3. The standard InChI is InChI=1S/C13H15NO5/c1-7-11(17)8-3-4-14(6-16)9(5-15)10(8)12(18)13(7)19-2/h6,9,15H,3-5H2,1-2H3. The van der Waals surface area contributed by atoms with E-state index >= 15 is 0 Å². The molecule has 0 aromatic heterocycles. The van der Waals surface area contributed by atoms with Gasteiger partial charge in [0.15, 0.2) is 11.5 Å². The first-order chi connectivity index (χ1) is 9.06. The van der Waals surface area contributed by atoms with E-state index in [4.69, 9.17) is 4.74 Å². The van der Waals surface area contributed by atoms with Crippen LogP contribution in [-0.2, 0) is 19.1 Å². The van der Waals surface area contributed by atoms with Crippen molar-refractivity contribution in [3.05, 3.63) is 22.5 Å². The summed E-state index contributed by atoms with van der Waals surface area (Å²) < 4.78 is 4.98. The number of methoxy groups -OCH3 is 1. The van der Waals surface area contributed by atoms with Gasteiger partial charge in [0.25, 0.3) is 0 Å². The Hall–Kier alpha value is -1.95. The van der Waals surface area contributed by atoms with Crippen LogP contribution in [0.2, 0.25) is 0 Å². The summed E-state index contributed by atoms with van der Waals surface area (Å²) >= 11 is 0. The van der Waals surface area contributed by atoms with Gasteiger partial charge in [-0.05, 0) is 13.3 Å². The first kappa shape index (κ1) is 13.5. The number of ketones is 2. The highest BCUT2D eigenvalue weighted by Crippen LogP contribution is 2.33. The van der Waals surface area contributed by atoms with Crippen LogP contribution in [0.3, 0.4) is 0 Å². The highest BCUT2D eigenvalue weighted by molar-refractivity contribution is 6.25. The number of carbonyl (C=O) groups excluding carboxylic acids is 3. The summed E-state index contributed by atoms with van der Waals surface area (Å²) in [7, 11) is 1.32. The third-order valence-electron chi connectivity index (χ3n) is 3.60. The van der Waals surface area contributed by atoms with Gasteiger partial charge in [-0.25, -0.2) is 0 Å². The number of allylic oxidation sites excluding steroid dienone is 2. The molecule has 19 heavy (non-hydrogen) atoms. The third kappa shape index (κ3) is 1.88. The molecule has 0 bridgehead atoms. The Bertz CT molecular complexity index is 517. The zero-order valence-electron chi connectivity index (χ0n) is 10.8. The number of rotatable bonds is 3. The summed E-state index contributed by atoms with van der Waals surface area (Å²) in [6.07, 6.45) is 0.906. The van der Waals surface area contributed by atoms with Gasteiger partial charge in [0, 0.05) is 23.3 Å². The fourth-order valence-electron chi connectivity index (χ4n) is 2.61. The number of ether oxygens (including phenoxy) is 1. The number of carbonyl (C=O) groups is 3. The molecule has 0 aromatic carbocycles. The average Bonchev–Trinajstić information content (AvgIpc) is 2.43. The van der Waals surface area contributed by atoms with Crippen LogP contribution in [-0.4, -0.2) is 54.3 Å². The molecular weight excluding hydrogens is 250 g/mol. The van der Waals surface area contributed by atoms with Gasteiger partial charge < -0.3 is 14.7 Å². The zero-order chi connectivity index (χ0) is 14.2. The van der Waals surface area contributed by atoms with Crippen LogP contribution in [0, 0.1) is 0 Å². The van der Waals surface area contributed by atoms with Crippen LogP contribution in [0.15, 0.2) is 22.5 Å². The van der Waals surface area contributed by atoms with Crippen LogP contribution in [0.1, 0.15) is 13.3 Å². The van der Waals surface area contributed by atoms with Gasteiger partial charge in [-0.15, -0.1) is 0 Å². The number of nitrogens with zero attached hydrogens (tertiary/aromatic N) is 1. The molecule has 2 aliphatic rings. The molecule has 102 valence electrons. The summed E-state index contributed by atoms with van der Waals surface area (Å²) in [5.41, 5.74) is 0.858. The van der Waals surface area contributed by atoms with Gasteiger partial charge in [-0.3, -0.25) is 14.4 Å². The summed E-state index contributed by atoms with van der Waals surface area (Å²) in [5.74, 6) is -0.661. The van der Waals surface area contributed by atoms with Crippen LogP contribution in [0.4, 0.5) is 0 Å². The predicted octanol–water partition coefficient (Wildman–Crippen LogP) is -0.422. The Morgan fingerprint density at radius 1 is 1.42 bits per heavy atom. The minimum atomic E-state index is -0.768. The first-order valence-corrected chi connectivity index (χ1v) is 5.96. The monoisotopic (exact) mass is 265 g/mol. The van der Waals surface area contributed by atoms with Crippen molar-refractivity contribution >= 4 is 18.0 Å². The second-order valence-corrected chi connectivity index (χ2v) is 4.50. The van der Waals surface area contributed by atoms with Crippen molar-refractivity contribution in [2.24, 2.45) is 0 Å².